The molecule has 3 rings (SSSR count). The first-order valence-corrected chi connectivity index (χ1v) is 13.5. The highest BCUT2D eigenvalue weighted by Gasteiger charge is 2.42. The molecule has 0 aliphatic heterocycles. The van der Waals surface area contributed by atoms with Crippen LogP contribution in [0.3, 0.4) is 0 Å². The summed E-state index contributed by atoms with van der Waals surface area (Å²) in [6.07, 6.45) is 19.9. The lowest BCUT2D eigenvalue weighted by molar-refractivity contribution is -0.119. The van der Waals surface area contributed by atoms with Crippen LogP contribution in [-0.2, 0) is 11.2 Å². The van der Waals surface area contributed by atoms with Crippen molar-refractivity contribution in [1.82, 2.24) is 0 Å². The Morgan fingerprint density at radius 2 is 1.48 bits per heavy atom. The van der Waals surface area contributed by atoms with Crippen LogP contribution in [0.5, 0.6) is 5.75 Å². The first-order chi connectivity index (χ1) is 15.2. The van der Waals surface area contributed by atoms with E-state index in [2.05, 4.69) is 52.0 Å². The molecule has 2 aliphatic carbocycles. The molecule has 1 aromatic carbocycles. The van der Waals surface area contributed by atoms with Gasteiger partial charge in [-0.1, -0.05) is 84.3 Å². The van der Waals surface area contributed by atoms with Crippen molar-refractivity contribution >= 4 is 0 Å². The molecular formula is C29H50O2. The van der Waals surface area contributed by atoms with Crippen LogP contribution in [0.25, 0.3) is 0 Å². The van der Waals surface area contributed by atoms with E-state index >= 15 is 0 Å². The van der Waals surface area contributed by atoms with Gasteiger partial charge < -0.3 is 9.47 Å². The second-order valence-electron chi connectivity index (χ2n) is 9.92. The topological polar surface area (TPSA) is 18.5 Å². The summed E-state index contributed by atoms with van der Waals surface area (Å²) in [6.45, 7) is 9.32. The Balaban J connectivity index is 0.00000107. The van der Waals surface area contributed by atoms with E-state index in [1.54, 1.807) is 0 Å². The van der Waals surface area contributed by atoms with E-state index in [0.29, 0.717) is 5.41 Å². The van der Waals surface area contributed by atoms with Crippen LogP contribution in [0.2, 0.25) is 0 Å². The second-order valence-corrected chi connectivity index (χ2v) is 9.92. The minimum absolute atomic E-state index is 0.105. The molecule has 0 saturated heterocycles. The standard InChI is InChI=1S/C26H42O2.C3H8/c1-3-5-12-22-15-17-24(18-16-22)28-25(27-4-2)21-26(19-10-7-11-20-26)23-13-8-6-9-14-23;1-3-2/h15-18,23,25H,3-14,19-21H2,1-2H3;3H2,1-2H3. The van der Waals surface area contributed by atoms with Gasteiger partial charge in [-0.3, -0.25) is 0 Å². The monoisotopic (exact) mass is 430 g/mol. The summed E-state index contributed by atoms with van der Waals surface area (Å²) in [5, 5.41) is 0. The number of hydrogen-bond acceptors (Lipinski definition) is 2. The Morgan fingerprint density at radius 3 is 2.06 bits per heavy atom. The van der Waals surface area contributed by atoms with Crippen molar-refractivity contribution in [2.75, 3.05) is 6.61 Å². The lowest BCUT2D eigenvalue weighted by Crippen LogP contribution is -2.39. The molecule has 2 nitrogen and oxygen atoms in total. The normalized spacial score (nSPS) is 19.9. The maximum Gasteiger partial charge on any atom is 0.200 e. The van der Waals surface area contributed by atoms with Crippen molar-refractivity contribution in [3.05, 3.63) is 29.8 Å². The van der Waals surface area contributed by atoms with Crippen LogP contribution in [0.15, 0.2) is 24.3 Å². The molecule has 1 atom stereocenters. The van der Waals surface area contributed by atoms with E-state index < -0.39 is 0 Å². The molecular weight excluding hydrogens is 380 g/mol. The van der Waals surface area contributed by atoms with Crippen molar-refractivity contribution < 1.29 is 9.47 Å². The molecule has 0 heterocycles. The fourth-order valence-corrected chi connectivity index (χ4v) is 5.67. The van der Waals surface area contributed by atoms with Crippen LogP contribution >= 0.6 is 0 Å². The highest BCUT2D eigenvalue weighted by atomic mass is 16.7. The maximum absolute atomic E-state index is 6.41. The molecule has 2 saturated carbocycles. The third-order valence-corrected chi connectivity index (χ3v) is 7.26. The van der Waals surface area contributed by atoms with Gasteiger partial charge in [-0.15, -0.1) is 0 Å². The molecule has 0 N–H and O–H groups in total. The van der Waals surface area contributed by atoms with Crippen LogP contribution in [0.1, 0.15) is 123 Å². The number of aryl methyl sites for hydroxylation is 1. The minimum Gasteiger partial charge on any atom is -0.465 e. The second kappa shape index (κ2) is 14.9. The van der Waals surface area contributed by atoms with Crippen molar-refractivity contribution in [1.29, 1.82) is 0 Å². The Labute approximate surface area is 193 Å². The van der Waals surface area contributed by atoms with E-state index in [1.807, 2.05) is 0 Å². The van der Waals surface area contributed by atoms with Gasteiger partial charge in [0.2, 0.25) is 0 Å². The van der Waals surface area contributed by atoms with E-state index in [4.69, 9.17) is 9.47 Å². The van der Waals surface area contributed by atoms with Gasteiger partial charge in [0.15, 0.2) is 6.29 Å². The fraction of sp³-hybridized carbons (Fsp3) is 0.793. The highest BCUT2D eigenvalue weighted by Crippen LogP contribution is 2.51. The van der Waals surface area contributed by atoms with Gasteiger partial charge >= 0.3 is 0 Å². The summed E-state index contributed by atoms with van der Waals surface area (Å²) in [6, 6.07) is 8.74. The Hall–Kier alpha value is -1.02. The molecule has 2 heteroatoms. The molecule has 1 aromatic rings. The van der Waals surface area contributed by atoms with Crippen molar-refractivity contribution in [2.45, 2.75) is 130 Å². The third kappa shape index (κ3) is 8.79. The molecule has 0 bridgehead atoms. The maximum atomic E-state index is 6.41. The van der Waals surface area contributed by atoms with Crippen LogP contribution in [-0.4, -0.2) is 12.9 Å². The van der Waals surface area contributed by atoms with E-state index in [-0.39, 0.29) is 6.29 Å². The average Bonchev–Trinajstić information content (AvgIpc) is 2.80. The van der Waals surface area contributed by atoms with Crippen molar-refractivity contribution in [3.8, 4) is 5.75 Å². The predicted octanol–water partition coefficient (Wildman–Crippen LogP) is 9.11. The van der Waals surface area contributed by atoms with E-state index in [9.17, 15) is 0 Å². The molecule has 31 heavy (non-hydrogen) atoms. The van der Waals surface area contributed by atoms with Crippen LogP contribution in [0.4, 0.5) is 0 Å². The molecule has 2 fully saturated rings. The highest BCUT2D eigenvalue weighted by molar-refractivity contribution is 5.27. The van der Waals surface area contributed by atoms with Crippen molar-refractivity contribution in [2.24, 2.45) is 11.3 Å². The molecule has 0 amide bonds. The Bertz CT molecular complexity index is 553. The third-order valence-electron chi connectivity index (χ3n) is 7.26. The SMILES string of the molecule is CCC.CCCCc1ccc(OC(CC2(C3CCCCC3)CCCCC2)OCC)cc1. The van der Waals surface area contributed by atoms with Gasteiger partial charge in [-0.2, -0.15) is 0 Å². The van der Waals surface area contributed by atoms with Gasteiger partial charge in [0.05, 0.1) is 0 Å². The summed E-state index contributed by atoms with van der Waals surface area (Å²) >= 11 is 0. The molecule has 2 aliphatic rings. The zero-order valence-corrected chi connectivity index (χ0v) is 21.1. The lowest BCUT2D eigenvalue weighted by Gasteiger charge is -2.47. The Morgan fingerprint density at radius 1 is 0.871 bits per heavy atom. The number of unbranched alkanes of at least 4 members (excludes halogenated alkanes) is 1. The van der Waals surface area contributed by atoms with Crippen LogP contribution in [0, 0.1) is 11.3 Å². The van der Waals surface area contributed by atoms with E-state index in [1.165, 1.54) is 89.0 Å². The zero-order chi connectivity index (χ0) is 22.4. The minimum atomic E-state index is -0.105. The summed E-state index contributed by atoms with van der Waals surface area (Å²) in [5.41, 5.74) is 1.85. The first-order valence-electron chi connectivity index (χ1n) is 13.5. The molecule has 0 radical (unpaired) electrons. The summed E-state index contributed by atoms with van der Waals surface area (Å²) in [4.78, 5) is 0. The van der Waals surface area contributed by atoms with E-state index in [0.717, 1.165) is 31.1 Å². The van der Waals surface area contributed by atoms with Gasteiger partial charge in [0, 0.05) is 13.0 Å². The van der Waals surface area contributed by atoms with Gasteiger partial charge in [-0.25, -0.2) is 0 Å². The predicted molar refractivity (Wildman–Crippen MR) is 134 cm³/mol. The van der Waals surface area contributed by atoms with Gasteiger partial charge in [0.25, 0.3) is 0 Å². The summed E-state index contributed by atoms with van der Waals surface area (Å²) in [7, 11) is 0. The first kappa shape index (κ1) is 26.2. The fourth-order valence-electron chi connectivity index (χ4n) is 5.67. The number of hydrogen-bond donors (Lipinski definition) is 0. The molecule has 0 aromatic heterocycles. The van der Waals surface area contributed by atoms with Gasteiger partial charge in [0.1, 0.15) is 5.75 Å². The number of ether oxygens (including phenoxy) is 2. The molecule has 1 unspecified atom stereocenters. The number of benzene rings is 1. The smallest absolute Gasteiger partial charge is 0.200 e. The molecule has 178 valence electrons. The molecule has 0 spiro atoms. The summed E-state index contributed by atoms with van der Waals surface area (Å²) in [5.74, 6) is 1.85. The largest absolute Gasteiger partial charge is 0.465 e. The average molecular weight is 431 g/mol. The quantitative estimate of drug-likeness (QED) is 0.344. The Kier molecular flexibility index (Phi) is 12.6. The lowest BCUT2D eigenvalue weighted by atomic mass is 9.60. The van der Waals surface area contributed by atoms with Crippen molar-refractivity contribution in [3.63, 3.8) is 0 Å². The van der Waals surface area contributed by atoms with Gasteiger partial charge in [-0.05, 0) is 74.5 Å². The van der Waals surface area contributed by atoms with Crippen LogP contribution < -0.4 is 4.74 Å². The number of rotatable bonds is 10. The summed E-state index contributed by atoms with van der Waals surface area (Å²) < 4.78 is 12.5. The zero-order valence-electron chi connectivity index (χ0n) is 21.1.